The van der Waals surface area contributed by atoms with Gasteiger partial charge in [-0.1, -0.05) is 0 Å². The Hall–Kier alpha value is -0.240. The Bertz CT molecular complexity index is 280. The summed E-state index contributed by atoms with van der Waals surface area (Å²) in [5, 5.41) is 9.77. The van der Waals surface area contributed by atoms with Crippen LogP contribution in [-0.4, -0.2) is 55.3 Å². The third-order valence-electron chi connectivity index (χ3n) is 3.08. The fourth-order valence-corrected chi connectivity index (χ4v) is 2.39. The first kappa shape index (κ1) is 13.2. The molecule has 0 saturated carbocycles. The molecule has 3 N–H and O–H groups in total. The molecule has 2 rings (SSSR count). The molecule has 0 radical (unpaired) electrons. The van der Waals surface area contributed by atoms with Crippen LogP contribution in [0.2, 0.25) is 0 Å². The van der Waals surface area contributed by atoms with Crippen molar-refractivity contribution < 1.29 is 24.1 Å². The molecule has 0 aromatic rings. The summed E-state index contributed by atoms with van der Waals surface area (Å²) in [5.74, 6) is -1.23. The van der Waals surface area contributed by atoms with E-state index in [1.54, 1.807) is 21.0 Å². The second-order valence-corrected chi connectivity index (χ2v) is 5.25. The van der Waals surface area contributed by atoms with Gasteiger partial charge in [0.2, 0.25) is 0 Å². The molecule has 0 aliphatic carbocycles. The van der Waals surface area contributed by atoms with E-state index in [4.69, 9.17) is 24.7 Å². The second kappa shape index (κ2) is 4.46. The zero-order chi connectivity index (χ0) is 12.7. The van der Waals surface area contributed by atoms with E-state index in [9.17, 15) is 5.11 Å². The topological polar surface area (TPSA) is 83.2 Å². The summed E-state index contributed by atoms with van der Waals surface area (Å²) in [5.41, 5.74) is 5.27. The predicted octanol–water partition coefficient (Wildman–Crippen LogP) is -0.411. The van der Waals surface area contributed by atoms with Crippen molar-refractivity contribution in [1.82, 2.24) is 0 Å². The molecule has 0 spiro atoms. The highest BCUT2D eigenvalue weighted by Crippen LogP contribution is 2.39. The molecule has 0 aromatic heterocycles. The Labute approximate surface area is 101 Å². The number of hydrogen-bond acceptors (Lipinski definition) is 6. The Morgan fingerprint density at radius 1 is 1.53 bits per heavy atom. The minimum atomic E-state index is -1.23. The number of nitrogens with two attached hydrogens (primary N) is 1. The third kappa shape index (κ3) is 2.62. The van der Waals surface area contributed by atoms with Crippen LogP contribution in [0.5, 0.6) is 0 Å². The average molecular weight is 247 g/mol. The average Bonchev–Trinajstić information content (AvgIpc) is 2.56. The quantitative estimate of drug-likeness (QED) is 0.657. The minimum Gasteiger partial charge on any atom is -0.381 e. The highest BCUT2D eigenvalue weighted by molar-refractivity contribution is 5.01. The minimum absolute atomic E-state index is 0.241. The lowest BCUT2D eigenvalue weighted by atomic mass is 9.90. The van der Waals surface area contributed by atoms with E-state index in [1.807, 2.05) is 0 Å². The summed E-state index contributed by atoms with van der Waals surface area (Å²) in [6.07, 6.45) is -0.152. The third-order valence-corrected chi connectivity index (χ3v) is 3.08. The van der Waals surface area contributed by atoms with Crippen molar-refractivity contribution in [2.45, 2.75) is 50.1 Å². The van der Waals surface area contributed by atoms with E-state index >= 15 is 0 Å². The summed E-state index contributed by atoms with van der Waals surface area (Å²) in [6, 6.07) is -0.241. The van der Waals surface area contributed by atoms with Crippen LogP contribution in [0.15, 0.2) is 0 Å². The zero-order valence-corrected chi connectivity index (χ0v) is 10.5. The lowest BCUT2D eigenvalue weighted by molar-refractivity contribution is -0.277. The molecule has 2 heterocycles. The predicted molar refractivity (Wildman–Crippen MR) is 59.2 cm³/mol. The molecule has 2 fully saturated rings. The van der Waals surface area contributed by atoms with E-state index in [-0.39, 0.29) is 12.1 Å². The van der Waals surface area contributed by atoms with Crippen molar-refractivity contribution in [1.29, 1.82) is 0 Å². The maximum absolute atomic E-state index is 9.77. The maximum Gasteiger partial charge on any atom is 0.173 e. The molecular weight excluding hydrogens is 226 g/mol. The molecule has 2 aliphatic heterocycles. The fourth-order valence-electron chi connectivity index (χ4n) is 2.39. The molecule has 100 valence electrons. The van der Waals surface area contributed by atoms with Gasteiger partial charge in [-0.15, -0.1) is 0 Å². The van der Waals surface area contributed by atoms with Crippen molar-refractivity contribution in [3.8, 4) is 0 Å². The van der Waals surface area contributed by atoms with Gasteiger partial charge in [0, 0.05) is 7.11 Å². The van der Waals surface area contributed by atoms with E-state index in [2.05, 4.69) is 0 Å². The molecule has 0 unspecified atom stereocenters. The van der Waals surface area contributed by atoms with Crippen molar-refractivity contribution in [3.63, 3.8) is 0 Å². The van der Waals surface area contributed by atoms with Crippen LogP contribution in [0, 0.1) is 0 Å². The van der Waals surface area contributed by atoms with Crippen LogP contribution in [0.25, 0.3) is 0 Å². The summed E-state index contributed by atoms with van der Waals surface area (Å²) in [6.45, 7) is 3.90. The van der Waals surface area contributed by atoms with Gasteiger partial charge in [0.1, 0.15) is 5.60 Å². The van der Waals surface area contributed by atoms with Crippen molar-refractivity contribution >= 4 is 0 Å². The second-order valence-electron chi connectivity index (χ2n) is 5.25. The summed E-state index contributed by atoms with van der Waals surface area (Å²) in [7, 11) is 1.60. The summed E-state index contributed by atoms with van der Waals surface area (Å²) >= 11 is 0. The molecule has 17 heavy (non-hydrogen) atoms. The Kier molecular flexibility index (Phi) is 3.46. The van der Waals surface area contributed by atoms with Gasteiger partial charge in [-0.25, -0.2) is 0 Å². The molecule has 4 atom stereocenters. The van der Waals surface area contributed by atoms with Crippen molar-refractivity contribution in [2.75, 3.05) is 20.3 Å². The number of fused-ring (bicyclic) bond motifs is 2. The van der Waals surface area contributed by atoms with Gasteiger partial charge in [-0.2, -0.15) is 0 Å². The van der Waals surface area contributed by atoms with Crippen LogP contribution >= 0.6 is 0 Å². The van der Waals surface area contributed by atoms with Gasteiger partial charge in [0.15, 0.2) is 12.1 Å². The number of hydrogen-bond donors (Lipinski definition) is 2. The molecule has 2 bridgehead atoms. The highest BCUT2D eigenvalue weighted by atomic mass is 16.8. The smallest absolute Gasteiger partial charge is 0.173 e. The van der Waals surface area contributed by atoms with E-state index in [1.165, 1.54) is 0 Å². The molecule has 2 aliphatic rings. The zero-order valence-electron chi connectivity index (χ0n) is 10.5. The van der Waals surface area contributed by atoms with Gasteiger partial charge in [-0.3, -0.25) is 0 Å². The Morgan fingerprint density at radius 2 is 2.24 bits per heavy atom. The van der Waals surface area contributed by atoms with Gasteiger partial charge in [0.05, 0.1) is 25.4 Å². The Balaban J connectivity index is 2.15. The van der Waals surface area contributed by atoms with Crippen LogP contribution in [0.4, 0.5) is 0 Å². The maximum atomic E-state index is 9.77. The van der Waals surface area contributed by atoms with E-state index < -0.39 is 17.7 Å². The number of aliphatic hydroxyl groups is 1. The molecule has 6 heteroatoms. The molecule has 2 saturated heterocycles. The first-order chi connectivity index (χ1) is 7.86. The van der Waals surface area contributed by atoms with Crippen LogP contribution in [-0.2, 0) is 18.9 Å². The van der Waals surface area contributed by atoms with Gasteiger partial charge < -0.3 is 29.8 Å². The SMILES string of the molecule is COC[C@@]12CO[C@@H](O1)[C@H](N)C[C@H]2OC(C)(C)O. The standard InChI is InChI=1S/C11H21NO5/c1-10(2,13)16-8-4-7(12)9-15-6-11(8,17-9)5-14-3/h7-9,13H,4-6,12H2,1-3H3/t7-,8-,9+,11+/m1/s1. The summed E-state index contributed by atoms with van der Waals surface area (Å²) in [4.78, 5) is 0. The molecule has 0 aromatic carbocycles. The van der Waals surface area contributed by atoms with Gasteiger partial charge in [-0.05, 0) is 20.3 Å². The molecular formula is C11H21NO5. The monoisotopic (exact) mass is 247 g/mol. The van der Waals surface area contributed by atoms with E-state index in [0.717, 1.165) is 0 Å². The van der Waals surface area contributed by atoms with Crippen molar-refractivity contribution in [3.05, 3.63) is 0 Å². The van der Waals surface area contributed by atoms with E-state index in [0.29, 0.717) is 19.6 Å². The number of ether oxygens (including phenoxy) is 4. The van der Waals surface area contributed by atoms with Crippen LogP contribution in [0.3, 0.4) is 0 Å². The summed E-state index contributed by atoms with van der Waals surface area (Å²) < 4.78 is 22.1. The highest BCUT2D eigenvalue weighted by Gasteiger charge is 2.55. The van der Waals surface area contributed by atoms with Crippen LogP contribution in [0.1, 0.15) is 20.3 Å². The first-order valence-corrected chi connectivity index (χ1v) is 5.80. The molecule has 6 nitrogen and oxygen atoms in total. The number of rotatable bonds is 4. The first-order valence-electron chi connectivity index (χ1n) is 5.80. The van der Waals surface area contributed by atoms with Crippen LogP contribution < -0.4 is 5.73 Å². The van der Waals surface area contributed by atoms with Gasteiger partial charge in [0.25, 0.3) is 0 Å². The van der Waals surface area contributed by atoms with Gasteiger partial charge >= 0.3 is 0 Å². The fraction of sp³-hybridized carbons (Fsp3) is 1.00. The largest absolute Gasteiger partial charge is 0.381 e. The lowest BCUT2D eigenvalue weighted by Gasteiger charge is -2.42. The van der Waals surface area contributed by atoms with Crippen molar-refractivity contribution in [2.24, 2.45) is 5.73 Å². The lowest BCUT2D eigenvalue weighted by Crippen LogP contribution is -2.59. The normalized spacial score (nSPS) is 41.8. The Morgan fingerprint density at radius 3 is 2.82 bits per heavy atom. The number of methoxy groups -OCH3 is 1. The molecule has 0 amide bonds.